The molecule has 7 heteroatoms. The summed E-state index contributed by atoms with van der Waals surface area (Å²) in [6, 6.07) is 1.07. The summed E-state index contributed by atoms with van der Waals surface area (Å²) in [6.45, 7) is 3.45. The first kappa shape index (κ1) is 14.5. The quantitative estimate of drug-likeness (QED) is 0.930. The van der Waals surface area contributed by atoms with Crippen molar-refractivity contribution in [3.8, 4) is 10.6 Å². The summed E-state index contributed by atoms with van der Waals surface area (Å²) in [6.07, 6.45) is 0. The molecule has 2 rings (SSSR count). The van der Waals surface area contributed by atoms with Crippen molar-refractivity contribution < 1.29 is 23.1 Å². The molecule has 0 aliphatic rings. The standard InChI is InChI=1S/C13H10F3NO2S/c1-5(2)10-11(13(18)19)20-12(17-10)9-7(15)3-6(14)4-8(9)16/h3-5H,1-2H3,(H,18,19). The van der Waals surface area contributed by atoms with Crippen LogP contribution < -0.4 is 0 Å². The second kappa shape index (κ2) is 5.24. The van der Waals surface area contributed by atoms with Crippen LogP contribution in [0.2, 0.25) is 0 Å². The first-order valence-electron chi connectivity index (χ1n) is 5.70. The lowest BCUT2D eigenvalue weighted by Crippen LogP contribution is -2.00. The molecule has 1 heterocycles. The van der Waals surface area contributed by atoms with E-state index in [2.05, 4.69) is 4.98 Å². The molecule has 0 unspecified atom stereocenters. The molecule has 3 nitrogen and oxygen atoms in total. The Kier molecular flexibility index (Phi) is 3.80. The normalized spacial score (nSPS) is 11.1. The van der Waals surface area contributed by atoms with E-state index in [0.29, 0.717) is 23.5 Å². The third-order valence-corrected chi connectivity index (χ3v) is 3.69. The Labute approximate surface area is 116 Å². The largest absolute Gasteiger partial charge is 0.477 e. The van der Waals surface area contributed by atoms with Crippen molar-refractivity contribution in [1.82, 2.24) is 4.98 Å². The molecule has 0 saturated heterocycles. The maximum atomic E-state index is 13.7. The van der Waals surface area contributed by atoms with Crippen LogP contribution in [0.5, 0.6) is 0 Å². The van der Waals surface area contributed by atoms with Crippen LogP contribution in [0, 0.1) is 17.5 Å². The fourth-order valence-electron chi connectivity index (χ4n) is 1.73. The fourth-order valence-corrected chi connectivity index (χ4v) is 2.84. The molecule has 0 spiro atoms. The number of benzene rings is 1. The van der Waals surface area contributed by atoms with Crippen molar-refractivity contribution >= 4 is 17.3 Å². The van der Waals surface area contributed by atoms with Gasteiger partial charge in [0.2, 0.25) is 0 Å². The summed E-state index contributed by atoms with van der Waals surface area (Å²) >= 11 is 0.670. The molecule has 0 fully saturated rings. The van der Waals surface area contributed by atoms with E-state index in [0.717, 1.165) is 0 Å². The molecule has 0 radical (unpaired) electrons. The van der Waals surface area contributed by atoms with Crippen LogP contribution in [0.1, 0.15) is 35.1 Å². The van der Waals surface area contributed by atoms with E-state index >= 15 is 0 Å². The molecular formula is C13H10F3NO2S. The third-order valence-electron chi connectivity index (χ3n) is 2.62. The summed E-state index contributed by atoms with van der Waals surface area (Å²) < 4.78 is 40.2. The molecule has 106 valence electrons. The van der Waals surface area contributed by atoms with E-state index in [1.165, 1.54) is 0 Å². The Bertz CT molecular complexity index is 659. The minimum Gasteiger partial charge on any atom is -0.477 e. The molecule has 0 aliphatic heterocycles. The van der Waals surface area contributed by atoms with Crippen LogP contribution in [0.25, 0.3) is 10.6 Å². The van der Waals surface area contributed by atoms with Gasteiger partial charge in [-0.2, -0.15) is 0 Å². The van der Waals surface area contributed by atoms with Gasteiger partial charge in [0, 0.05) is 12.1 Å². The summed E-state index contributed by atoms with van der Waals surface area (Å²) in [5.41, 5.74) is -0.258. The molecule has 2 aromatic rings. The number of rotatable bonds is 3. The fraction of sp³-hybridized carbons (Fsp3) is 0.231. The van der Waals surface area contributed by atoms with E-state index in [1.807, 2.05) is 0 Å². The third kappa shape index (κ3) is 2.53. The van der Waals surface area contributed by atoms with Gasteiger partial charge in [0.25, 0.3) is 0 Å². The lowest BCUT2D eigenvalue weighted by Gasteiger charge is -2.02. The number of aromatic nitrogens is 1. The number of hydrogen-bond donors (Lipinski definition) is 1. The van der Waals surface area contributed by atoms with Crippen molar-refractivity contribution in [3.05, 3.63) is 40.2 Å². The zero-order valence-electron chi connectivity index (χ0n) is 10.6. The number of thiazole rings is 1. The van der Waals surface area contributed by atoms with E-state index in [4.69, 9.17) is 5.11 Å². The molecule has 1 N–H and O–H groups in total. The summed E-state index contributed by atoms with van der Waals surface area (Å²) in [5, 5.41) is 8.97. The Hall–Kier alpha value is -1.89. The Morgan fingerprint density at radius 1 is 1.25 bits per heavy atom. The molecule has 0 saturated carbocycles. The smallest absolute Gasteiger partial charge is 0.347 e. The molecule has 0 bridgehead atoms. The van der Waals surface area contributed by atoms with Crippen LogP contribution in [0.3, 0.4) is 0 Å². The van der Waals surface area contributed by atoms with Gasteiger partial charge < -0.3 is 5.11 Å². The van der Waals surface area contributed by atoms with Gasteiger partial charge in [-0.3, -0.25) is 0 Å². The lowest BCUT2D eigenvalue weighted by atomic mass is 10.1. The second-order valence-electron chi connectivity index (χ2n) is 4.44. The minimum absolute atomic E-state index is 0.0712. The topological polar surface area (TPSA) is 50.2 Å². The molecule has 1 aromatic carbocycles. The van der Waals surface area contributed by atoms with Gasteiger partial charge in [0.1, 0.15) is 27.3 Å². The molecule has 0 aliphatic carbocycles. The van der Waals surface area contributed by atoms with E-state index in [9.17, 15) is 18.0 Å². The van der Waals surface area contributed by atoms with Gasteiger partial charge in [-0.15, -0.1) is 11.3 Å². The van der Waals surface area contributed by atoms with Crippen molar-refractivity contribution in [2.45, 2.75) is 19.8 Å². The van der Waals surface area contributed by atoms with Crippen LogP contribution in [0.15, 0.2) is 12.1 Å². The van der Waals surface area contributed by atoms with Crippen LogP contribution in [-0.4, -0.2) is 16.1 Å². The van der Waals surface area contributed by atoms with Gasteiger partial charge in [-0.05, 0) is 5.92 Å². The highest BCUT2D eigenvalue weighted by atomic mass is 32.1. The molecule has 0 atom stereocenters. The predicted molar refractivity (Wildman–Crippen MR) is 68.5 cm³/mol. The molecule has 1 aromatic heterocycles. The zero-order valence-corrected chi connectivity index (χ0v) is 11.4. The number of carboxylic acids is 1. The Balaban J connectivity index is 2.66. The maximum absolute atomic E-state index is 13.7. The number of nitrogens with zero attached hydrogens (tertiary/aromatic N) is 1. The SMILES string of the molecule is CC(C)c1nc(-c2c(F)cc(F)cc2F)sc1C(=O)O. The van der Waals surface area contributed by atoms with Gasteiger partial charge in [0.05, 0.1) is 11.3 Å². The zero-order chi connectivity index (χ0) is 15.0. The van der Waals surface area contributed by atoms with Crippen molar-refractivity contribution in [1.29, 1.82) is 0 Å². The van der Waals surface area contributed by atoms with Gasteiger partial charge in [-0.1, -0.05) is 13.8 Å². The van der Waals surface area contributed by atoms with Gasteiger partial charge in [0.15, 0.2) is 0 Å². The minimum atomic E-state index is -1.21. The van der Waals surface area contributed by atoms with Gasteiger partial charge in [-0.25, -0.2) is 22.9 Å². The average molecular weight is 301 g/mol. The van der Waals surface area contributed by atoms with E-state index < -0.39 is 29.0 Å². The Morgan fingerprint density at radius 2 is 1.80 bits per heavy atom. The number of hydrogen-bond acceptors (Lipinski definition) is 3. The molecule has 20 heavy (non-hydrogen) atoms. The summed E-state index contributed by atoms with van der Waals surface area (Å²) in [5.74, 6) is -4.67. The number of halogens is 3. The second-order valence-corrected chi connectivity index (χ2v) is 5.44. The highest BCUT2D eigenvalue weighted by Crippen LogP contribution is 2.34. The number of aromatic carboxylic acids is 1. The summed E-state index contributed by atoms with van der Waals surface area (Å²) in [4.78, 5) is 15.0. The monoisotopic (exact) mass is 301 g/mol. The first-order chi connectivity index (χ1) is 9.31. The van der Waals surface area contributed by atoms with E-state index in [-0.39, 0.29) is 21.5 Å². The highest BCUT2D eigenvalue weighted by molar-refractivity contribution is 7.17. The van der Waals surface area contributed by atoms with Crippen molar-refractivity contribution in [2.24, 2.45) is 0 Å². The Morgan fingerprint density at radius 3 is 2.20 bits per heavy atom. The number of carbonyl (C=O) groups is 1. The molecular weight excluding hydrogens is 291 g/mol. The highest BCUT2D eigenvalue weighted by Gasteiger charge is 2.24. The van der Waals surface area contributed by atoms with E-state index in [1.54, 1.807) is 13.8 Å². The lowest BCUT2D eigenvalue weighted by molar-refractivity contribution is 0.0700. The predicted octanol–water partition coefficient (Wildman–Crippen LogP) is 4.05. The maximum Gasteiger partial charge on any atom is 0.347 e. The van der Waals surface area contributed by atoms with Gasteiger partial charge >= 0.3 is 5.97 Å². The number of carboxylic acid groups (broad SMARTS) is 1. The molecule has 0 amide bonds. The van der Waals surface area contributed by atoms with Crippen LogP contribution in [0.4, 0.5) is 13.2 Å². The van der Waals surface area contributed by atoms with Crippen molar-refractivity contribution in [3.63, 3.8) is 0 Å². The van der Waals surface area contributed by atoms with Crippen LogP contribution >= 0.6 is 11.3 Å². The van der Waals surface area contributed by atoms with Crippen molar-refractivity contribution in [2.75, 3.05) is 0 Å². The summed E-state index contributed by atoms with van der Waals surface area (Å²) in [7, 11) is 0. The van der Waals surface area contributed by atoms with Crippen LogP contribution in [-0.2, 0) is 0 Å². The average Bonchev–Trinajstić information content (AvgIpc) is 2.72. The first-order valence-corrected chi connectivity index (χ1v) is 6.51.